The van der Waals surface area contributed by atoms with Gasteiger partial charge in [0.1, 0.15) is 11.5 Å². The Morgan fingerprint density at radius 3 is 2.41 bits per heavy atom. The number of aliphatic hydroxyl groups excluding tert-OH is 1. The molecule has 1 atom stereocenters. The van der Waals surface area contributed by atoms with Crippen LogP contribution in [0.5, 0.6) is 5.75 Å². The predicted molar refractivity (Wildman–Crippen MR) is 121 cm³/mol. The van der Waals surface area contributed by atoms with Crippen molar-refractivity contribution in [3.8, 4) is 5.75 Å². The summed E-state index contributed by atoms with van der Waals surface area (Å²) in [6.07, 6.45) is 4.77. The highest BCUT2D eigenvalue weighted by Crippen LogP contribution is 2.39. The number of carbonyl (C=O) groups excluding carboxylic acids is 2. The minimum atomic E-state index is -0.694. The summed E-state index contributed by atoms with van der Waals surface area (Å²) in [7, 11) is 0. The quantitative estimate of drug-likeness (QED) is 0.260. The standard InChI is InChI=1S/C25H30N2O5/c1-4-15-32-20-8-6-19(7-9-20)23(28)21-22(18-10-12-26-13-11-18)27(25(30)24(21)29)14-5-16-31-17(2)3/h6-13,17,22,28H,4-5,14-16H2,1-3H3/b23-21-. The fourth-order valence-electron chi connectivity index (χ4n) is 3.64. The van der Waals surface area contributed by atoms with Crippen LogP contribution in [0.2, 0.25) is 0 Å². The number of amides is 1. The first-order valence-corrected chi connectivity index (χ1v) is 11.0. The van der Waals surface area contributed by atoms with Gasteiger partial charge in [-0.05, 0) is 68.7 Å². The van der Waals surface area contributed by atoms with Gasteiger partial charge in [0.05, 0.1) is 24.3 Å². The molecule has 170 valence electrons. The second kappa shape index (κ2) is 10.9. The number of hydrogen-bond donors (Lipinski definition) is 1. The highest BCUT2D eigenvalue weighted by molar-refractivity contribution is 6.46. The molecule has 3 rings (SSSR count). The van der Waals surface area contributed by atoms with Crippen molar-refractivity contribution in [2.45, 2.75) is 45.8 Å². The van der Waals surface area contributed by atoms with Gasteiger partial charge in [-0.1, -0.05) is 6.92 Å². The first-order chi connectivity index (χ1) is 15.4. The van der Waals surface area contributed by atoms with Crippen LogP contribution in [-0.2, 0) is 14.3 Å². The van der Waals surface area contributed by atoms with Crippen LogP contribution in [0, 0.1) is 0 Å². The number of nitrogens with zero attached hydrogens (tertiary/aromatic N) is 2. The van der Waals surface area contributed by atoms with Gasteiger partial charge < -0.3 is 19.5 Å². The molecule has 1 amide bonds. The molecule has 0 bridgehead atoms. The molecule has 1 N–H and O–H groups in total. The minimum Gasteiger partial charge on any atom is -0.507 e. The summed E-state index contributed by atoms with van der Waals surface area (Å²) < 4.78 is 11.2. The first kappa shape index (κ1) is 23.5. The van der Waals surface area contributed by atoms with Gasteiger partial charge in [-0.25, -0.2) is 0 Å². The van der Waals surface area contributed by atoms with Gasteiger partial charge in [-0.2, -0.15) is 0 Å². The number of pyridine rings is 1. The molecule has 32 heavy (non-hydrogen) atoms. The van der Waals surface area contributed by atoms with E-state index in [1.165, 1.54) is 4.90 Å². The lowest BCUT2D eigenvalue weighted by molar-refractivity contribution is -0.140. The van der Waals surface area contributed by atoms with Gasteiger partial charge in [-0.15, -0.1) is 0 Å². The molecule has 2 aromatic rings. The Morgan fingerprint density at radius 2 is 1.78 bits per heavy atom. The lowest BCUT2D eigenvalue weighted by Gasteiger charge is -2.25. The first-order valence-electron chi connectivity index (χ1n) is 11.0. The van der Waals surface area contributed by atoms with E-state index in [1.54, 1.807) is 48.8 Å². The number of hydrogen-bond acceptors (Lipinski definition) is 6. The van der Waals surface area contributed by atoms with Crippen LogP contribution in [0.15, 0.2) is 54.4 Å². The normalized spacial score (nSPS) is 17.9. The highest BCUT2D eigenvalue weighted by atomic mass is 16.5. The number of Topliss-reactive ketones (excluding diaryl/α,β-unsaturated/α-hetero) is 1. The molecule has 1 aromatic carbocycles. The number of rotatable bonds is 10. The van der Waals surface area contributed by atoms with Gasteiger partial charge in [0.25, 0.3) is 11.7 Å². The van der Waals surface area contributed by atoms with E-state index < -0.39 is 17.7 Å². The number of aromatic nitrogens is 1. The third-order valence-corrected chi connectivity index (χ3v) is 5.16. The Balaban J connectivity index is 1.94. The average molecular weight is 439 g/mol. The van der Waals surface area contributed by atoms with Crippen molar-refractivity contribution in [2.24, 2.45) is 0 Å². The summed E-state index contributed by atoms with van der Waals surface area (Å²) in [5.74, 6) is -0.839. The molecule has 7 heteroatoms. The van der Waals surface area contributed by atoms with Crippen LogP contribution >= 0.6 is 0 Å². The second-order valence-corrected chi connectivity index (χ2v) is 7.92. The van der Waals surface area contributed by atoms with Crippen molar-refractivity contribution in [1.29, 1.82) is 0 Å². The maximum absolute atomic E-state index is 13.0. The topological polar surface area (TPSA) is 89.0 Å². The van der Waals surface area contributed by atoms with E-state index in [0.717, 1.165) is 6.42 Å². The van der Waals surface area contributed by atoms with E-state index in [4.69, 9.17) is 9.47 Å². The van der Waals surface area contributed by atoms with Crippen LogP contribution < -0.4 is 4.74 Å². The predicted octanol–water partition coefficient (Wildman–Crippen LogP) is 4.11. The maximum atomic E-state index is 13.0. The zero-order chi connectivity index (χ0) is 23.1. The van der Waals surface area contributed by atoms with Gasteiger partial charge in [0, 0.05) is 31.1 Å². The average Bonchev–Trinajstić information content (AvgIpc) is 3.05. The lowest BCUT2D eigenvalue weighted by Crippen LogP contribution is -2.31. The van der Waals surface area contributed by atoms with Gasteiger partial charge in [0.2, 0.25) is 0 Å². The molecule has 0 aliphatic carbocycles. The largest absolute Gasteiger partial charge is 0.507 e. The summed E-state index contributed by atoms with van der Waals surface area (Å²) in [6.45, 7) is 7.32. The number of carbonyl (C=O) groups is 2. The molecule has 1 saturated heterocycles. The highest BCUT2D eigenvalue weighted by Gasteiger charge is 2.45. The SMILES string of the molecule is CCCOc1ccc(/C(O)=C2/C(=O)C(=O)N(CCCOC(C)C)C2c2ccncc2)cc1. The zero-order valence-corrected chi connectivity index (χ0v) is 18.8. The molecule has 7 nitrogen and oxygen atoms in total. The van der Waals surface area contributed by atoms with E-state index in [-0.39, 0.29) is 17.4 Å². The molecule has 0 spiro atoms. The summed E-state index contributed by atoms with van der Waals surface area (Å²) >= 11 is 0. The Hall–Kier alpha value is -3.19. The Morgan fingerprint density at radius 1 is 1.09 bits per heavy atom. The van der Waals surface area contributed by atoms with Gasteiger partial charge in [-0.3, -0.25) is 14.6 Å². The smallest absolute Gasteiger partial charge is 0.295 e. The van der Waals surface area contributed by atoms with Crippen LogP contribution in [0.1, 0.15) is 50.8 Å². The lowest BCUT2D eigenvalue weighted by atomic mass is 9.96. The molecular weight excluding hydrogens is 408 g/mol. The number of ketones is 1. The van der Waals surface area contributed by atoms with E-state index in [9.17, 15) is 14.7 Å². The Labute approximate surface area is 188 Å². The van der Waals surface area contributed by atoms with E-state index in [2.05, 4.69) is 4.98 Å². The Kier molecular flexibility index (Phi) is 8.00. The van der Waals surface area contributed by atoms with Crippen LogP contribution in [-0.4, -0.2) is 52.5 Å². The third kappa shape index (κ3) is 5.34. The molecule has 0 saturated carbocycles. The fraction of sp³-hybridized carbons (Fsp3) is 0.400. The van der Waals surface area contributed by atoms with Crippen molar-refractivity contribution in [3.63, 3.8) is 0 Å². The van der Waals surface area contributed by atoms with E-state index in [1.807, 2.05) is 20.8 Å². The fourth-order valence-corrected chi connectivity index (χ4v) is 3.64. The number of ether oxygens (including phenoxy) is 2. The van der Waals surface area contributed by atoms with Crippen molar-refractivity contribution >= 4 is 17.4 Å². The molecule has 2 heterocycles. The number of benzene rings is 1. The van der Waals surface area contributed by atoms with Crippen LogP contribution in [0.25, 0.3) is 5.76 Å². The Bertz CT molecular complexity index is 954. The van der Waals surface area contributed by atoms with Crippen molar-refractivity contribution in [3.05, 3.63) is 65.5 Å². The van der Waals surface area contributed by atoms with E-state index >= 15 is 0 Å². The molecule has 1 unspecified atom stereocenters. The summed E-state index contributed by atoms with van der Waals surface area (Å²) in [6, 6.07) is 9.68. The minimum absolute atomic E-state index is 0.0770. The summed E-state index contributed by atoms with van der Waals surface area (Å²) in [5, 5.41) is 11.1. The summed E-state index contributed by atoms with van der Waals surface area (Å²) in [4.78, 5) is 31.4. The third-order valence-electron chi connectivity index (χ3n) is 5.16. The van der Waals surface area contributed by atoms with Crippen molar-refractivity contribution < 1.29 is 24.2 Å². The molecule has 1 fully saturated rings. The molecule has 1 aliphatic heterocycles. The number of aliphatic hydroxyl groups is 1. The maximum Gasteiger partial charge on any atom is 0.295 e. The molecule has 1 aliphatic rings. The van der Waals surface area contributed by atoms with E-state index in [0.29, 0.717) is 43.1 Å². The summed E-state index contributed by atoms with van der Waals surface area (Å²) in [5.41, 5.74) is 1.25. The van der Waals surface area contributed by atoms with Crippen LogP contribution in [0.4, 0.5) is 0 Å². The van der Waals surface area contributed by atoms with Crippen molar-refractivity contribution in [2.75, 3.05) is 19.8 Å². The monoisotopic (exact) mass is 438 g/mol. The van der Waals surface area contributed by atoms with Gasteiger partial charge in [0.15, 0.2) is 0 Å². The van der Waals surface area contributed by atoms with Gasteiger partial charge >= 0.3 is 0 Å². The number of likely N-dealkylation sites (tertiary alicyclic amines) is 1. The van der Waals surface area contributed by atoms with Crippen LogP contribution in [0.3, 0.4) is 0 Å². The molecule has 0 radical (unpaired) electrons. The molecule has 1 aromatic heterocycles. The van der Waals surface area contributed by atoms with Crippen molar-refractivity contribution in [1.82, 2.24) is 9.88 Å². The zero-order valence-electron chi connectivity index (χ0n) is 18.8. The second-order valence-electron chi connectivity index (χ2n) is 7.92. The molecular formula is C25H30N2O5.